The standard InChI is InChI=1S/C16H14N2O2/c1-18-13-10-15-14(19-7-8-20-15)9-12(13)17-16(18)11-5-3-2-4-6-11/h2-6,9-10H,7-8H2,1H3. The molecule has 1 aliphatic heterocycles. The van der Waals surface area contributed by atoms with Gasteiger partial charge in [-0.05, 0) is 0 Å². The fraction of sp³-hybridized carbons (Fsp3) is 0.188. The van der Waals surface area contributed by atoms with Crippen molar-refractivity contribution < 1.29 is 9.47 Å². The molecule has 1 aliphatic rings. The molecule has 2 aromatic carbocycles. The Balaban J connectivity index is 1.94. The van der Waals surface area contributed by atoms with Crippen LogP contribution >= 0.6 is 0 Å². The van der Waals surface area contributed by atoms with Crippen LogP contribution in [0.3, 0.4) is 0 Å². The normalized spacial score (nSPS) is 13.7. The van der Waals surface area contributed by atoms with Gasteiger partial charge in [0, 0.05) is 24.7 Å². The molecule has 0 bridgehead atoms. The zero-order chi connectivity index (χ0) is 13.5. The first-order valence-corrected chi connectivity index (χ1v) is 6.64. The Morgan fingerprint density at radius 1 is 1.00 bits per heavy atom. The van der Waals surface area contributed by atoms with Gasteiger partial charge in [-0.3, -0.25) is 0 Å². The second kappa shape index (κ2) is 4.27. The summed E-state index contributed by atoms with van der Waals surface area (Å²) in [7, 11) is 2.02. The predicted octanol–water partition coefficient (Wildman–Crippen LogP) is 3.01. The van der Waals surface area contributed by atoms with Gasteiger partial charge in [0.2, 0.25) is 0 Å². The Hall–Kier alpha value is -2.49. The van der Waals surface area contributed by atoms with Crippen molar-refractivity contribution in [1.29, 1.82) is 0 Å². The molecule has 0 N–H and O–H groups in total. The van der Waals surface area contributed by atoms with Gasteiger partial charge in [-0.25, -0.2) is 4.98 Å². The van der Waals surface area contributed by atoms with E-state index in [2.05, 4.69) is 16.7 Å². The third kappa shape index (κ3) is 1.65. The molecule has 0 spiro atoms. The highest BCUT2D eigenvalue weighted by atomic mass is 16.6. The van der Waals surface area contributed by atoms with Gasteiger partial charge < -0.3 is 14.0 Å². The maximum atomic E-state index is 5.64. The van der Waals surface area contributed by atoms with Crippen LogP contribution in [0.25, 0.3) is 22.4 Å². The average molecular weight is 266 g/mol. The van der Waals surface area contributed by atoms with E-state index >= 15 is 0 Å². The van der Waals surface area contributed by atoms with Crippen molar-refractivity contribution in [2.45, 2.75) is 0 Å². The number of hydrogen-bond donors (Lipinski definition) is 0. The number of fused-ring (bicyclic) bond motifs is 2. The van der Waals surface area contributed by atoms with Crippen LogP contribution in [0.2, 0.25) is 0 Å². The topological polar surface area (TPSA) is 36.3 Å². The summed E-state index contributed by atoms with van der Waals surface area (Å²) < 4.78 is 13.3. The van der Waals surface area contributed by atoms with E-state index in [0.717, 1.165) is 33.9 Å². The van der Waals surface area contributed by atoms with Crippen molar-refractivity contribution in [2.24, 2.45) is 7.05 Å². The minimum absolute atomic E-state index is 0.594. The number of nitrogens with zero attached hydrogens (tertiary/aromatic N) is 2. The Morgan fingerprint density at radius 3 is 2.45 bits per heavy atom. The highest BCUT2D eigenvalue weighted by Crippen LogP contribution is 2.35. The second-order valence-corrected chi connectivity index (χ2v) is 4.85. The first-order valence-electron chi connectivity index (χ1n) is 6.64. The van der Waals surface area contributed by atoms with Crippen molar-refractivity contribution in [3.05, 3.63) is 42.5 Å². The van der Waals surface area contributed by atoms with Gasteiger partial charge in [-0.2, -0.15) is 0 Å². The summed E-state index contributed by atoms with van der Waals surface area (Å²) >= 11 is 0. The van der Waals surface area contributed by atoms with Gasteiger partial charge >= 0.3 is 0 Å². The lowest BCUT2D eigenvalue weighted by molar-refractivity contribution is 0.172. The molecule has 0 atom stereocenters. The minimum atomic E-state index is 0.594. The molecule has 3 aromatic rings. The van der Waals surface area contributed by atoms with Gasteiger partial charge in [-0.15, -0.1) is 0 Å². The van der Waals surface area contributed by atoms with Crippen LogP contribution in [-0.2, 0) is 7.05 Å². The van der Waals surface area contributed by atoms with Crippen LogP contribution in [0.5, 0.6) is 11.5 Å². The Kier molecular flexibility index (Phi) is 2.42. The summed E-state index contributed by atoms with van der Waals surface area (Å²) in [5.41, 5.74) is 3.08. The molecule has 2 heterocycles. The number of ether oxygens (including phenoxy) is 2. The van der Waals surface area contributed by atoms with Crippen LogP contribution in [0, 0.1) is 0 Å². The highest BCUT2D eigenvalue weighted by molar-refractivity contribution is 5.84. The summed E-state index contributed by atoms with van der Waals surface area (Å²) in [6.07, 6.45) is 0. The van der Waals surface area contributed by atoms with Crippen LogP contribution in [-0.4, -0.2) is 22.8 Å². The quantitative estimate of drug-likeness (QED) is 0.679. The lowest BCUT2D eigenvalue weighted by atomic mass is 10.2. The number of rotatable bonds is 1. The first-order chi connectivity index (χ1) is 9.83. The molecule has 100 valence electrons. The maximum absolute atomic E-state index is 5.64. The lowest BCUT2D eigenvalue weighted by Crippen LogP contribution is -2.15. The van der Waals surface area contributed by atoms with Crippen molar-refractivity contribution in [3.63, 3.8) is 0 Å². The van der Waals surface area contributed by atoms with Gasteiger partial charge in [0.1, 0.15) is 19.0 Å². The molecule has 0 amide bonds. The summed E-state index contributed by atoms with van der Waals surface area (Å²) in [6, 6.07) is 14.1. The lowest BCUT2D eigenvalue weighted by Gasteiger charge is -2.18. The van der Waals surface area contributed by atoms with Crippen LogP contribution in [0.4, 0.5) is 0 Å². The van der Waals surface area contributed by atoms with E-state index in [1.807, 2.05) is 37.4 Å². The van der Waals surface area contributed by atoms with E-state index in [9.17, 15) is 0 Å². The van der Waals surface area contributed by atoms with E-state index in [0.29, 0.717) is 13.2 Å². The number of aromatic nitrogens is 2. The number of aryl methyl sites for hydroxylation is 1. The van der Waals surface area contributed by atoms with Crippen LogP contribution in [0.1, 0.15) is 0 Å². The Labute approximate surface area is 116 Å². The van der Waals surface area contributed by atoms with Crippen molar-refractivity contribution in [2.75, 3.05) is 13.2 Å². The molecule has 4 nitrogen and oxygen atoms in total. The second-order valence-electron chi connectivity index (χ2n) is 4.85. The minimum Gasteiger partial charge on any atom is -0.486 e. The molecule has 4 rings (SSSR count). The van der Waals surface area contributed by atoms with Gasteiger partial charge in [0.15, 0.2) is 11.5 Å². The van der Waals surface area contributed by atoms with Gasteiger partial charge in [0.25, 0.3) is 0 Å². The zero-order valence-electron chi connectivity index (χ0n) is 11.2. The van der Waals surface area contributed by atoms with Crippen molar-refractivity contribution in [3.8, 4) is 22.9 Å². The largest absolute Gasteiger partial charge is 0.486 e. The summed E-state index contributed by atoms with van der Waals surface area (Å²) in [5, 5.41) is 0. The van der Waals surface area contributed by atoms with Gasteiger partial charge in [0.05, 0.1) is 11.0 Å². The van der Waals surface area contributed by atoms with E-state index in [1.165, 1.54) is 0 Å². The Morgan fingerprint density at radius 2 is 1.70 bits per heavy atom. The maximum Gasteiger partial charge on any atom is 0.163 e. The third-order valence-corrected chi connectivity index (χ3v) is 3.58. The van der Waals surface area contributed by atoms with E-state index in [1.54, 1.807) is 0 Å². The summed E-state index contributed by atoms with van der Waals surface area (Å²) in [5.74, 6) is 2.52. The summed E-state index contributed by atoms with van der Waals surface area (Å²) in [6.45, 7) is 1.19. The molecule has 20 heavy (non-hydrogen) atoms. The fourth-order valence-electron chi connectivity index (χ4n) is 2.57. The van der Waals surface area contributed by atoms with E-state index < -0.39 is 0 Å². The number of hydrogen-bond acceptors (Lipinski definition) is 3. The summed E-state index contributed by atoms with van der Waals surface area (Å²) in [4.78, 5) is 4.72. The average Bonchev–Trinajstić information content (AvgIpc) is 2.83. The molecule has 0 radical (unpaired) electrons. The molecular formula is C16H14N2O2. The third-order valence-electron chi connectivity index (χ3n) is 3.58. The molecule has 1 aromatic heterocycles. The monoisotopic (exact) mass is 266 g/mol. The molecule has 0 saturated heterocycles. The van der Waals surface area contributed by atoms with Crippen LogP contribution in [0.15, 0.2) is 42.5 Å². The predicted molar refractivity (Wildman–Crippen MR) is 77.1 cm³/mol. The smallest absolute Gasteiger partial charge is 0.163 e. The van der Waals surface area contributed by atoms with Gasteiger partial charge in [-0.1, -0.05) is 30.3 Å². The SMILES string of the molecule is Cn1c(-c2ccccc2)nc2cc3c(cc21)OCCO3. The molecule has 0 fully saturated rings. The molecule has 4 heteroatoms. The first kappa shape index (κ1) is 11.3. The van der Waals surface area contributed by atoms with E-state index in [4.69, 9.17) is 14.5 Å². The van der Waals surface area contributed by atoms with Crippen molar-refractivity contribution in [1.82, 2.24) is 9.55 Å². The molecule has 0 aliphatic carbocycles. The Bertz CT molecular complexity index is 778. The molecule has 0 unspecified atom stereocenters. The van der Waals surface area contributed by atoms with E-state index in [-0.39, 0.29) is 0 Å². The van der Waals surface area contributed by atoms with Crippen LogP contribution < -0.4 is 9.47 Å². The van der Waals surface area contributed by atoms with Crippen molar-refractivity contribution >= 4 is 11.0 Å². The fourth-order valence-corrected chi connectivity index (χ4v) is 2.57. The number of imidazole rings is 1. The zero-order valence-corrected chi connectivity index (χ0v) is 11.2. The highest BCUT2D eigenvalue weighted by Gasteiger charge is 2.17. The molecular weight excluding hydrogens is 252 g/mol. The molecule has 0 saturated carbocycles. The number of benzene rings is 2.